The fourth-order valence-corrected chi connectivity index (χ4v) is 3.79. The zero-order valence-electron chi connectivity index (χ0n) is 5.91. The lowest BCUT2D eigenvalue weighted by Crippen LogP contribution is -2.30. The first-order valence-corrected chi connectivity index (χ1v) is 4.82. The van der Waals surface area contributed by atoms with Gasteiger partial charge in [-0.2, -0.15) is 0 Å². The summed E-state index contributed by atoms with van der Waals surface area (Å²) in [7, 11) is 0. The van der Waals surface area contributed by atoms with Gasteiger partial charge in [-0.3, -0.25) is 4.84 Å². The predicted molar refractivity (Wildman–Crippen MR) is 42.4 cm³/mol. The number of hydrogen-bond acceptors (Lipinski definition) is 3. The van der Waals surface area contributed by atoms with Gasteiger partial charge in [0, 0.05) is 5.75 Å². The van der Waals surface area contributed by atoms with E-state index in [1.807, 2.05) is 16.4 Å². The minimum atomic E-state index is 0.0156. The Morgan fingerprint density at radius 2 is 2.64 bits per heavy atom. The van der Waals surface area contributed by atoms with Gasteiger partial charge in [-0.25, -0.2) is 0 Å². The first-order valence-electron chi connectivity index (χ1n) is 3.88. The van der Waals surface area contributed by atoms with Crippen molar-refractivity contribution < 1.29 is 4.84 Å². The van der Waals surface area contributed by atoms with Crippen LogP contribution in [-0.4, -0.2) is 15.9 Å². The third-order valence-electron chi connectivity index (χ3n) is 3.13. The van der Waals surface area contributed by atoms with Crippen LogP contribution in [0, 0.1) is 5.41 Å². The molecule has 3 atom stereocenters. The lowest BCUT2D eigenvalue weighted by atomic mass is 9.84. The molecule has 11 heavy (non-hydrogen) atoms. The molecule has 2 saturated heterocycles. The van der Waals surface area contributed by atoms with Crippen LogP contribution >= 0.6 is 11.9 Å². The van der Waals surface area contributed by atoms with Crippen LogP contribution in [-0.2, 0) is 4.84 Å². The van der Waals surface area contributed by atoms with Crippen molar-refractivity contribution >= 4 is 11.9 Å². The van der Waals surface area contributed by atoms with E-state index in [1.165, 1.54) is 17.7 Å². The number of hydrogen-bond donors (Lipinski definition) is 0. The van der Waals surface area contributed by atoms with Crippen LogP contribution in [0.5, 0.6) is 0 Å². The van der Waals surface area contributed by atoms with Crippen LogP contribution in [0.15, 0.2) is 23.8 Å². The highest BCUT2D eigenvalue weighted by Gasteiger charge is 2.75. The summed E-state index contributed by atoms with van der Waals surface area (Å²) in [6, 6.07) is 0. The molecule has 2 nitrogen and oxygen atoms in total. The second-order valence-electron chi connectivity index (χ2n) is 3.70. The third-order valence-corrected chi connectivity index (χ3v) is 4.36. The van der Waals surface area contributed by atoms with Crippen LogP contribution in [0.4, 0.5) is 0 Å². The summed E-state index contributed by atoms with van der Waals surface area (Å²) in [6.45, 7) is 0. The van der Waals surface area contributed by atoms with Gasteiger partial charge in [0.2, 0.25) is 5.72 Å². The van der Waals surface area contributed by atoms with E-state index >= 15 is 0 Å². The maximum absolute atomic E-state index is 5.56. The lowest BCUT2D eigenvalue weighted by molar-refractivity contribution is 0.211. The van der Waals surface area contributed by atoms with E-state index in [4.69, 9.17) is 4.84 Å². The zero-order valence-corrected chi connectivity index (χ0v) is 6.73. The van der Waals surface area contributed by atoms with Gasteiger partial charge in [-0.15, -0.1) is 0 Å². The monoisotopic (exact) mass is 165 g/mol. The highest BCUT2D eigenvalue weighted by Crippen LogP contribution is 2.70. The number of hydroxylamine groups is 1. The Morgan fingerprint density at radius 3 is 3.36 bits per heavy atom. The largest absolute Gasteiger partial charge is 0.254 e. The van der Waals surface area contributed by atoms with Crippen LogP contribution in [0.2, 0.25) is 0 Å². The summed E-state index contributed by atoms with van der Waals surface area (Å²) in [5.74, 6) is 1.20. The average molecular weight is 165 g/mol. The molecule has 2 fully saturated rings. The van der Waals surface area contributed by atoms with Crippen LogP contribution in [0.25, 0.3) is 0 Å². The maximum Gasteiger partial charge on any atom is 0.205 e. The van der Waals surface area contributed by atoms with Gasteiger partial charge in [0.05, 0.1) is 5.41 Å². The highest BCUT2D eigenvalue weighted by molar-refractivity contribution is 7.97. The molecule has 0 amide bonds. The van der Waals surface area contributed by atoms with Crippen LogP contribution in [0.3, 0.4) is 0 Å². The van der Waals surface area contributed by atoms with Crippen molar-refractivity contribution in [1.82, 2.24) is 4.47 Å². The Labute approximate surface area is 69.0 Å². The first-order chi connectivity index (χ1) is 5.35. The fraction of sp³-hybridized carbons (Fsp3) is 0.500. The molecule has 2 aliphatic heterocycles. The van der Waals surface area contributed by atoms with E-state index < -0.39 is 0 Å². The standard InChI is InChI=1S/C8H7NOS/c1-2-7-3-6(1)4-8(7)9(10-8)11-5-7/h1-2,4H,3,5H2/t7-,8+,9+/m0/s1. The Kier molecular flexibility index (Phi) is 0.599. The Morgan fingerprint density at radius 1 is 1.64 bits per heavy atom. The van der Waals surface area contributed by atoms with Crippen LogP contribution < -0.4 is 0 Å². The average Bonchev–Trinajstić information content (AvgIpc) is 2.44. The van der Waals surface area contributed by atoms with Crippen molar-refractivity contribution in [2.75, 3.05) is 5.75 Å². The molecule has 0 aromatic carbocycles. The third kappa shape index (κ3) is 0.371. The van der Waals surface area contributed by atoms with Crippen molar-refractivity contribution in [3.05, 3.63) is 23.8 Å². The Balaban J connectivity index is 2.05. The Bertz CT molecular complexity index is 324. The molecule has 0 unspecified atom stereocenters. The Hall–Kier alpha value is -0.250. The molecule has 0 N–H and O–H groups in total. The van der Waals surface area contributed by atoms with Gasteiger partial charge < -0.3 is 0 Å². The summed E-state index contributed by atoms with van der Waals surface area (Å²) in [5.41, 5.74) is 1.81. The van der Waals surface area contributed by atoms with Gasteiger partial charge in [-0.1, -0.05) is 16.6 Å². The number of rotatable bonds is 0. The molecule has 2 spiro atoms. The molecule has 4 aliphatic rings. The molecule has 0 radical (unpaired) electrons. The molecule has 56 valence electrons. The second kappa shape index (κ2) is 1.22. The van der Waals surface area contributed by atoms with Crippen molar-refractivity contribution in [3.63, 3.8) is 0 Å². The van der Waals surface area contributed by atoms with Crippen molar-refractivity contribution in [2.45, 2.75) is 12.1 Å². The van der Waals surface area contributed by atoms with Crippen molar-refractivity contribution in [3.8, 4) is 0 Å². The quantitative estimate of drug-likeness (QED) is 0.399. The molecular formula is C8H7NOS. The fourth-order valence-electron chi connectivity index (χ4n) is 2.45. The van der Waals surface area contributed by atoms with Gasteiger partial charge in [0.15, 0.2) is 0 Å². The summed E-state index contributed by atoms with van der Waals surface area (Å²) in [4.78, 5) is 5.56. The summed E-state index contributed by atoms with van der Waals surface area (Å²) < 4.78 is 2.05. The number of nitrogens with zero attached hydrogens (tertiary/aromatic N) is 1. The van der Waals surface area contributed by atoms with Gasteiger partial charge >= 0.3 is 0 Å². The summed E-state index contributed by atoms with van der Waals surface area (Å²) in [6.07, 6.45) is 8.07. The number of fused-ring (bicyclic) bond motifs is 1. The smallest absolute Gasteiger partial charge is 0.205 e. The van der Waals surface area contributed by atoms with E-state index in [9.17, 15) is 0 Å². The topological polar surface area (TPSA) is 15.5 Å². The molecule has 2 heterocycles. The molecule has 2 bridgehead atoms. The first kappa shape index (κ1) is 5.41. The van der Waals surface area contributed by atoms with Gasteiger partial charge in [-0.05, 0) is 30.0 Å². The molecule has 3 heteroatoms. The van der Waals surface area contributed by atoms with Crippen molar-refractivity contribution in [1.29, 1.82) is 0 Å². The molecular weight excluding hydrogens is 158 g/mol. The normalized spacial score (nSPS) is 61.1. The SMILES string of the molecule is C1=C[C@]23CS[N@@]4O[C@@]42C=C1C3. The predicted octanol–water partition coefficient (Wildman–Crippen LogP) is 1.48. The maximum atomic E-state index is 5.56. The van der Waals surface area contributed by atoms with Crippen LogP contribution in [0.1, 0.15) is 6.42 Å². The molecule has 4 rings (SSSR count). The molecule has 0 aromatic rings. The minimum absolute atomic E-state index is 0.0156. The van der Waals surface area contributed by atoms with E-state index in [1.54, 1.807) is 0 Å². The highest BCUT2D eigenvalue weighted by atomic mass is 32.2. The number of allylic oxidation sites excluding steroid dienone is 2. The van der Waals surface area contributed by atoms with E-state index in [0.29, 0.717) is 5.41 Å². The zero-order chi connectivity index (χ0) is 7.10. The molecule has 2 aliphatic carbocycles. The minimum Gasteiger partial charge on any atom is -0.254 e. The molecule has 0 aromatic heterocycles. The lowest BCUT2D eigenvalue weighted by Gasteiger charge is -2.20. The van der Waals surface area contributed by atoms with E-state index in [2.05, 4.69) is 18.2 Å². The summed E-state index contributed by atoms with van der Waals surface area (Å²) in [5, 5.41) is 0. The van der Waals surface area contributed by atoms with Gasteiger partial charge in [0.25, 0.3) is 0 Å². The van der Waals surface area contributed by atoms with E-state index in [0.717, 1.165) is 0 Å². The second-order valence-corrected chi connectivity index (χ2v) is 4.58. The van der Waals surface area contributed by atoms with Crippen molar-refractivity contribution in [2.24, 2.45) is 5.41 Å². The summed E-state index contributed by atoms with van der Waals surface area (Å²) >= 11 is 1.82. The molecule has 0 saturated carbocycles. The van der Waals surface area contributed by atoms with Gasteiger partial charge in [0.1, 0.15) is 0 Å². The van der Waals surface area contributed by atoms with E-state index in [-0.39, 0.29) is 5.72 Å².